The number of amides is 2. The SMILES string of the molecule is O=C1CC(NC(=O)Cc2ccco2)CCN1. The van der Waals surface area contributed by atoms with Gasteiger partial charge >= 0.3 is 0 Å². The van der Waals surface area contributed by atoms with Crippen LogP contribution in [0, 0.1) is 0 Å². The van der Waals surface area contributed by atoms with Crippen molar-refractivity contribution in [2.75, 3.05) is 6.54 Å². The molecule has 1 fully saturated rings. The Morgan fingerprint density at radius 1 is 1.62 bits per heavy atom. The molecule has 0 spiro atoms. The summed E-state index contributed by atoms with van der Waals surface area (Å²) in [7, 11) is 0. The van der Waals surface area contributed by atoms with E-state index in [4.69, 9.17) is 4.42 Å². The number of furan rings is 1. The lowest BCUT2D eigenvalue weighted by Crippen LogP contribution is -2.45. The molecule has 86 valence electrons. The highest BCUT2D eigenvalue weighted by Crippen LogP contribution is 2.05. The maximum Gasteiger partial charge on any atom is 0.227 e. The molecule has 5 heteroatoms. The van der Waals surface area contributed by atoms with Crippen LogP contribution in [0.25, 0.3) is 0 Å². The normalized spacial score (nSPS) is 20.2. The Morgan fingerprint density at radius 3 is 3.19 bits per heavy atom. The Bertz CT molecular complexity index is 373. The number of hydrogen-bond donors (Lipinski definition) is 2. The number of piperidine rings is 1. The molecular weight excluding hydrogens is 208 g/mol. The molecule has 1 aromatic rings. The summed E-state index contributed by atoms with van der Waals surface area (Å²) in [6.07, 6.45) is 2.92. The second-order valence-electron chi connectivity index (χ2n) is 3.86. The van der Waals surface area contributed by atoms with Gasteiger partial charge in [-0.3, -0.25) is 9.59 Å². The highest BCUT2D eigenvalue weighted by atomic mass is 16.3. The third-order valence-electron chi connectivity index (χ3n) is 2.53. The predicted molar refractivity (Wildman–Crippen MR) is 56.6 cm³/mol. The second kappa shape index (κ2) is 4.83. The first-order valence-corrected chi connectivity index (χ1v) is 5.32. The summed E-state index contributed by atoms with van der Waals surface area (Å²) in [5.74, 6) is 0.530. The molecule has 1 saturated heterocycles. The maximum absolute atomic E-state index is 11.6. The van der Waals surface area contributed by atoms with Crippen molar-refractivity contribution in [3.63, 3.8) is 0 Å². The number of nitrogens with one attached hydrogen (secondary N) is 2. The summed E-state index contributed by atoms with van der Waals surface area (Å²) >= 11 is 0. The smallest absolute Gasteiger partial charge is 0.227 e. The molecule has 1 unspecified atom stereocenters. The van der Waals surface area contributed by atoms with E-state index in [-0.39, 0.29) is 24.3 Å². The van der Waals surface area contributed by atoms with Crippen LogP contribution in [0.2, 0.25) is 0 Å². The first-order chi connectivity index (χ1) is 7.74. The van der Waals surface area contributed by atoms with Gasteiger partial charge in [-0.15, -0.1) is 0 Å². The minimum Gasteiger partial charge on any atom is -0.469 e. The van der Waals surface area contributed by atoms with Gasteiger partial charge in [-0.1, -0.05) is 0 Å². The van der Waals surface area contributed by atoms with Gasteiger partial charge in [0, 0.05) is 19.0 Å². The van der Waals surface area contributed by atoms with Gasteiger partial charge in [-0.05, 0) is 18.6 Å². The van der Waals surface area contributed by atoms with Crippen molar-refractivity contribution < 1.29 is 14.0 Å². The van der Waals surface area contributed by atoms with Crippen LogP contribution < -0.4 is 10.6 Å². The summed E-state index contributed by atoms with van der Waals surface area (Å²) in [5.41, 5.74) is 0. The Kier molecular flexibility index (Phi) is 3.24. The van der Waals surface area contributed by atoms with Gasteiger partial charge in [-0.25, -0.2) is 0 Å². The lowest BCUT2D eigenvalue weighted by molar-refractivity contribution is -0.124. The van der Waals surface area contributed by atoms with Crippen LogP contribution in [0.1, 0.15) is 18.6 Å². The molecule has 2 amide bonds. The number of carbonyl (C=O) groups excluding carboxylic acids is 2. The van der Waals surface area contributed by atoms with Crippen molar-refractivity contribution in [1.82, 2.24) is 10.6 Å². The average Bonchev–Trinajstić information content (AvgIpc) is 2.70. The van der Waals surface area contributed by atoms with E-state index < -0.39 is 0 Å². The van der Waals surface area contributed by atoms with E-state index in [1.54, 1.807) is 12.1 Å². The van der Waals surface area contributed by atoms with Gasteiger partial charge in [0.05, 0.1) is 12.7 Å². The molecule has 16 heavy (non-hydrogen) atoms. The number of hydrogen-bond acceptors (Lipinski definition) is 3. The predicted octanol–water partition coefficient (Wildman–Crippen LogP) is 0.217. The number of carbonyl (C=O) groups is 2. The van der Waals surface area contributed by atoms with E-state index in [0.29, 0.717) is 18.7 Å². The molecule has 5 nitrogen and oxygen atoms in total. The third-order valence-corrected chi connectivity index (χ3v) is 2.53. The molecule has 0 bridgehead atoms. The average molecular weight is 222 g/mol. The molecule has 1 atom stereocenters. The van der Waals surface area contributed by atoms with Crippen LogP contribution in [0.3, 0.4) is 0 Å². The molecule has 0 aliphatic carbocycles. The van der Waals surface area contributed by atoms with Crippen LogP contribution in [0.5, 0.6) is 0 Å². The van der Waals surface area contributed by atoms with E-state index in [1.807, 2.05) is 0 Å². The first kappa shape index (κ1) is 10.7. The zero-order chi connectivity index (χ0) is 11.4. The Labute approximate surface area is 93.2 Å². The molecule has 1 aliphatic heterocycles. The largest absolute Gasteiger partial charge is 0.469 e. The molecule has 1 aliphatic rings. The zero-order valence-electron chi connectivity index (χ0n) is 8.86. The maximum atomic E-state index is 11.6. The quantitative estimate of drug-likeness (QED) is 0.768. The molecule has 2 rings (SSSR count). The minimum absolute atomic E-state index is 0.00505. The van der Waals surface area contributed by atoms with Crippen LogP contribution >= 0.6 is 0 Å². The van der Waals surface area contributed by atoms with Gasteiger partial charge < -0.3 is 15.1 Å². The van der Waals surface area contributed by atoms with Crippen molar-refractivity contribution >= 4 is 11.8 Å². The second-order valence-corrected chi connectivity index (χ2v) is 3.86. The van der Waals surface area contributed by atoms with E-state index in [2.05, 4.69) is 10.6 Å². The lowest BCUT2D eigenvalue weighted by Gasteiger charge is -2.22. The Balaban J connectivity index is 1.80. The topological polar surface area (TPSA) is 71.3 Å². The highest BCUT2D eigenvalue weighted by molar-refractivity contribution is 5.81. The van der Waals surface area contributed by atoms with E-state index in [0.717, 1.165) is 6.42 Å². The van der Waals surface area contributed by atoms with E-state index in [9.17, 15) is 9.59 Å². The summed E-state index contributed by atoms with van der Waals surface area (Å²) in [6, 6.07) is 3.46. The van der Waals surface area contributed by atoms with Gasteiger partial charge in [0.2, 0.25) is 11.8 Å². The van der Waals surface area contributed by atoms with Crippen molar-refractivity contribution in [1.29, 1.82) is 0 Å². The van der Waals surface area contributed by atoms with Gasteiger partial charge in [-0.2, -0.15) is 0 Å². The van der Waals surface area contributed by atoms with Gasteiger partial charge in [0.25, 0.3) is 0 Å². The van der Waals surface area contributed by atoms with Crippen LogP contribution in [0.4, 0.5) is 0 Å². The Morgan fingerprint density at radius 2 is 2.50 bits per heavy atom. The summed E-state index contributed by atoms with van der Waals surface area (Å²) < 4.78 is 5.07. The lowest BCUT2D eigenvalue weighted by atomic mass is 10.1. The fourth-order valence-electron chi connectivity index (χ4n) is 1.76. The molecule has 2 N–H and O–H groups in total. The van der Waals surface area contributed by atoms with Crippen LogP contribution in [0.15, 0.2) is 22.8 Å². The fraction of sp³-hybridized carbons (Fsp3) is 0.455. The van der Waals surface area contributed by atoms with Crippen LogP contribution in [-0.2, 0) is 16.0 Å². The fourth-order valence-corrected chi connectivity index (χ4v) is 1.76. The third kappa shape index (κ3) is 2.85. The zero-order valence-corrected chi connectivity index (χ0v) is 8.86. The van der Waals surface area contributed by atoms with Gasteiger partial charge in [0.15, 0.2) is 0 Å². The van der Waals surface area contributed by atoms with Crippen molar-refractivity contribution in [3.8, 4) is 0 Å². The van der Waals surface area contributed by atoms with Crippen molar-refractivity contribution in [3.05, 3.63) is 24.2 Å². The number of rotatable bonds is 3. The highest BCUT2D eigenvalue weighted by Gasteiger charge is 2.20. The first-order valence-electron chi connectivity index (χ1n) is 5.32. The molecule has 0 aromatic carbocycles. The molecular formula is C11H14N2O3. The monoisotopic (exact) mass is 222 g/mol. The standard InChI is InChI=1S/C11H14N2O3/c14-10-6-8(3-4-12-10)13-11(15)7-9-2-1-5-16-9/h1-2,5,8H,3-4,6-7H2,(H,12,14)(H,13,15). The Hall–Kier alpha value is -1.78. The van der Waals surface area contributed by atoms with Gasteiger partial charge in [0.1, 0.15) is 5.76 Å². The summed E-state index contributed by atoms with van der Waals surface area (Å²) in [6.45, 7) is 0.629. The molecule has 0 radical (unpaired) electrons. The molecule has 1 aromatic heterocycles. The van der Waals surface area contributed by atoms with E-state index in [1.165, 1.54) is 6.26 Å². The van der Waals surface area contributed by atoms with Crippen LogP contribution in [-0.4, -0.2) is 24.4 Å². The van der Waals surface area contributed by atoms with Crippen molar-refractivity contribution in [2.24, 2.45) is 0 Å². The summed E-state index contributed by atoms with van der Waals surface area (Å²) in [5, 5.41) is 5.55. The summed E-state index contributed by atoms with van der Waals surface area (Å²) in [4.78, 5) is 22.7. The molecule has 0 saturated carbocycles. The van der Waals surface area contributed by atoms with E-state index >= 15 is 0 Å². The molecule has 2 heterocycles. The minimum atomic E-state index is -0.102. The van der Waals surface area contributed by atoms with Crippen molar-refractivity contribution in [2.45, 2.75) is 25.3 Å².